The zero-order valence-electron chi connectivity index (χ0n) is 24.8. The second-order valence-electron chi connectivity index (χ2n) is 11.4. The number of benzene rings is 3. The molecule has 4 rings (SSSR count). The summed E-state index contributed by atoms with van der Waals surface area (Å²) in [5.74, 6) is -0.219. The predicted molar refractivity (Wildman–Crippen MR) is 167 cm³/mol. The van der Waals surface area contributed by atoms with E-state index in [0.717, 1.165) is 31.2 Å². The highest BCUT2D eigenvalue weighted by Gasteiger charge is 2.21. The van der Waals surface area contributed by atoms with Crippen LogP contribution in [0.3, 0.4) is 0 Å². The van der Waals surface area contributed by atoms with Crippen LogP contribution in [0.1, 0.15) is 91.2 Å². The van der Waals surface area contributed by atoms with Gasteiger partial charge in [-0.3, -0.25) is 0 Å². The van der Waals surface area contributed by atoms with Crippen LogP contribution in [0.4, 0.5) is 0 Å². The third kappa shape index (κ3) is 7.96. The van der Waals surface area contributed by atoms with E-state index >= 15 is 0 Å². The quantitative estimate of drug-likeness (QED) is 0.123. The Morgan fingerprint density at radius 1 is 0.951 bits per heavy atom. The fourth-order valence-corrected chi connectivity index (χ4v) is 6.03. The Labute approximate surface area is 246 Å². The lowest BCUT2D eigenvalue weighted by atomic mass is 9.79. The molecular weight excluding hydrogens is 508 g/mol. The van der Waals surface area contributed by atoms with Crippen molar-refractivity contribution in [3.05, 3.63) is 106 Å². The molecule has 41 heavy (non-hydrogen) atoms. The van der Waals surface area contributed by atoms with Crippen LogP contribution in [0.25, 0.3) is 11.1 Å². The van der Waals surface area contributed by atoms with E-state index in [9.17, 15) is 9.90 Å². The lowest BCUT2D eigenvalue weighted by molar-refractivity contribution is -0.139. The molecule has 218 valence electrons. The zero-order chi connectivity index (χ0) is 29.2. The van der Waals surface area contributed by atoms with E-state index in [-0.39, 0.29) is 24.7 Å². The summed E-state index contributed by atoms with van der Waals surface area (Å²) in [5.41, 5.74) is 11.0. The van der Waals surface area contributed by atoms with Gasteiger partial charge < -0.3 is 14.9 Å². The Morgan fingerprint density at radius 3 is 2.41 bits per heavy atom. The van der Waals surface area contributed by atoms with E-state index in [2.05, 4.69) is 81.1 Å². The number of carbonyl (C=O) groups is 1. The molecule has 0 bridgehead atoms. The third-order valence-electron chi connectivity index (χ3n) is 8.68. The van der Waals surface area contributed by atoms with Crippen molar-refractivity contribution in [1.29, 1.82) is 0 Å². The summed E-state index contributed by atoms with van der Waals surface area (Å²) < 4.78 is 5.16. The minimum Gasteiger partial charge on any atom is -0.462 e. The van der Waals surface area contributed by atoms with Gasteiger partial charge in [0.1, 0.15) is 0 Å². The number of aryl methyl sites for hydroxylation is 3. The molecule has 3 aromatic rings. The maximum Gasteiger partial charge on any atom is 0.335 e. The Hall–Kier alpha value is -3.21. The van der Waals surface area contributed by atoms with Crippen LogP contribution >= 0.6 is 0 Å². The van der Waals surface area contributed by atoms with Gasteiger partial charge in [-0.05, 0) is 95.4 Å². The number of esters is 1. The smallest absolute Gasteiger partial charge is 0.335 e. The van der Waals surface area contributed by atoms with E-state index in [1.165, 1.54) is 64.6 Å². The number of hydrogen-bond acceptors (Lipinski definition) is 4. The second kappa shape index (κ2) is 15.1. The summed E-state index contributed by atoms with van der Waals surface area (Å²) in [7, 11) is 0. The van der Waals surface area contributed by atoms with E-state index in [4.69, 9.17) is 9.84 Å². The van der Waals surface area contributed by atoms with E-state index in [0.29, 0.717) is 12.3 Å². The Morgan fingerprint density at radius 2 is 1.71 bits per heavy atom. The van der Waals surface area contributed by atoms with Gasteiger partial charge in [-0.15, -0.1) is 0 Å². The van der Waals surface area contributed by atoms with Gasteiger partial charge >= 0.3 is 5.97 Å². The molecule has 4 nitrogen and oxygen atoms in total. The molecule has 0 aliphatic heterocycles. The van der Waals surface area contributed by atoms with Gasteiger partial charge in [0.2, 0.25) is 0 Å². The SMILES string of the molecule is C=C(CO)C(=O)OCCC(CO)c1ccc(C2CCc3cc(-c4ccc(CCCCC)c(CC)c4)ccc3C2)cc1. The van der Waals surface area contributed by atoms with E-state index in [1.807, 2.05) is 0 Å². The van der Waals surface area contributed by atoms with Crippen molar-refractivity contribution in [3.8, 4) is 11.1 Å². The number of unbranched alkanes of at least 4 members (excludes halogenated alkanes) is 2. The van der Waals surface area contributed by atoms with Crippen LogP contribution in [-0.2, 0) is 35.2 Å². The monoisotopic (exact) mass is 554 g/mol. The molecule has 0 amide bonds. The maximum absolute atomic E-state index is 11.7. The molecule has 0 saturated heterocycles. The number of hydrogen-bond donors (Lipinski definition) is 2. The summed E-state index contributed by atoms with van der Waals surface area (Å²) >= 11 is 0. The Balaban J connectivity index is 1.38. The largest absolute Gasteiger partial charge is 0.462 e. The minimum atomic E-state index is -0.592. The zero-order valence-corrected chi connectivity index (χ0v) is 24.8. The molecule has 0 saturated carbocycles. The first-order chi connectivity index (χ1) is 20.0. The molecule has 0 heterocycles. The molecule has 3 aromatic carbocycles. The number of aliphatic hydroxyl groups excluding tert-OH is 2. The molecule has 2 N–H and O–H groups in total. The van der Waals surface area contributed by atoms with Gasteiger partial charge in [0, 0.05) is 5.92 Å². The molecule has 1 aliphatic carbocycles. The lowest BCUT2D eigenvalue weighted by Gasteiger charge is -2.26. The van der Waals surface area contributed by atoms with Crippen molar-refractivity contribution < 1.29 is 19.7 Å². The van der Waals surface area contributed by atoms with Gasteiger partial charge in [-0.1, -0.05) is 93.9 Å². The van der Waals surface area contributed by atoms with E-state index in [1.54, 1.807) is 0 Å². The number of rotatable bonds is 14. The van der Waals surface area contributed by atoms with E-state index < -0.39 is 12.6 Å². The third-order valence-corrected chi connectivity index (χ3v) is 8.68. The van der Waals surface area contributed by atoms with Crippen LogP contribution < -0.4 is 0 Å². The summed E-state index contributed by atoms with van der Waals surface area (Å²) in [4.78, 5) is 11.7. The van der Waals surface area contributed by atoms with Crippen molar-refractivity contribution in [2.45, 2.75) is 83.5 Å². The van der Waals surface area contributed by atoms with Crippen molar-refractivity contribution in [3.63, 3.8) is 0 Å². The molecular formula is C37H46O4. The second-order valence-corrected chi connectivity index (χ2v) is 11.4. The van der Waals surface area contributed by atoms with Gasteiger partial charge in [0.15, 0.2) is 0 Å². The topological polar surface area (TPSA) is 66.8 Å². The Kier molecular flexibility index (Phi) is 11.4. The summed E-state index contributed by atoms with van der Waals surface area (Å²) in [6.45, 7) is 7.75. The molecule has 0 fully saturated rings. The molecule has 0 radical (unpaired) electrons. The van der Waals surface area contributed by atoms with Crippen molar-refractivity contribution in [1.82, 2.24) is 0 Å². The van der Waals surface area contributed by atoms with Gasteiger partial charge in [0.25, 0.3) is 0 Å². The fourth-order valence-electron chi connectivity index (χ4n) is 6.03. The normalized spacial score (nSPS) is 15.3. The molecule has 1 aliphatic rings. The van der Waals surface area contributed by atoms with Gasteiger partial charge in [-0.2, -0.15) is 0 Å². The number of ether oxygens (including phenoxy) is 1. The first-order valence-electron chi connectivity index (χ1n) is 15.4. The highest BCUT2D eigenvalue weighted by molar-refractivity contribution is 5.87. The van der Waals surface area contributed by atoms with Crippen molar-refractivity contribution in [2.75, 3.05) is 19.8 Å². The summed E-state index contributed by atoms with van der Waals surface area (Å²) in [5, 5.41) is 18.9. The fraction of sp³-hybridized carbons (Fsp3) is 0.432. The van der Waals surface area contributed by atoms with Crippen LogP contribution in [0.2, 0.25) is 0 Å². The lowest BCUT2D eigenvalue weighted by Crippen LogP contribution is -2.15. The molecule has 2 unspecified atom stereocenters. The van der Waals surface area contributed by atoms with Crippen LogP contribution in [0.5, 0.6) is 0 Å². The summed E-state index contributed by atoms with van der Waals surface area (Å²) in [6, 6.07) is 22.7. The highest BCUT2D eigenvalue weighted by Crippen LogP contribution is 2.36. The molecule has 0 spiro atoms. The molecule has 0 aromatic heterocycles. The van der Waals surface area contributed by atoms with Gasteiger partial charge in [-0.25, -0.2) is 4.79 Å². The number of carbonyl (C=O) groups excluding carboxylic acids is 1. The van der Waals surface area contributed by atoms with Crippen molar-refractivity contribution in [2.24, 2.45) is 0 Å². The Bertz CT molecular complexity index is 1310. The van der Waals surface area contributed by atoms with Crippen LogP contribution in [0, 0.1) is 0 Å². The minimum absolute atomic E-state index is 0.0156. The highest BCUT2D eigenvalue weighted by atomic mass is 16.5. The molecule has 2 atom stereocenters. The summed E-state index contributed by atoms with van der Waals surface area (Å²) in [6.07, 6.45) is 9.85. The number of aliphatic hydroxyl groups is 2. The van der Waals surface area contributed by atoms with Gasteiger partial charge in [0.05, 0.1) is 25.4 Å². The average molecular weight is 555 g/mol. The average Bonchev–Trinajstić information content (AvgIpc) is 3.02. The van der Waals surface area contributed by atoms with Crippen LogP contribution in [-0.4, -0.2) is 36.0 Å². The first-order valence-corrected chi connectivity index (χ1v) is 15.4. The maximum atomic E-state index is 11.7. The van der Waals surface area contributed by atoms with Crippen LogP contribution in [0.15, 0.2) is 72.8 Å². The predicted octanol–water partition coefficient (Wildman–Crippen LogP) is 7.48. The van der Waals surface area contributed by atoms with Crippen molar-refractivity contribution >= 4 is 5.97 Å². The molecule has 4 heteroatoms. The number of fused-ring (bicyclic) bond motifs is 1. The first kappa shape index (κ1) is 30.7. The standard InChI is InChI=1S/C37H46O4/c1-4-6-7-8-28-13-14-32(21-27(28)5-2)34-18-17-33-22-31(15-16-35(33)23-34)29-9-11-30(12-10-29)36(25-39)19-20-41-37(40)26(3)24-38/h9-14,17-18,21,23,31,36,38-39H,3-8,15-16,19-20,22,24-25H2,1-2H3.